The molecule has 0 aromatic carbocycles. The molecule has 0 N–H and O–H groups in total. The Balaban J connectivity index is 4.71. The zero-order valence-corrected chi connectivity index (χ0v) is 12.1. The van der Waals surface area contributed by atoms with Crippen molar-refractivity contribution in [1.82, 2.24) is 0 Å². The molecule has 0 aromatic heterocycles. The highest BCUT2D eigenvalue weighted by molar-refractivity contribution is 7.71. The summed E-state index contributed by atoms with van der Waals surface area (Å²) in [6.07, 6.45) is 3.84. The van der Waals surface area contributed by atoms with Crippen LogP contribution in [0.15, 0.2) is 0 Å². The van der Waals surface area contributed by atoms with E-state index in [2.05, 4.69) is 46.8 Å². The molecule has 1 unspecified atom stereocenters. The lowest BCUT2D eigenvalue weighted by Crippen LogP contribution is -1.80. The average molecular weight is 309 g/mol. The zero-order valence-electron chi connectivity index (χ0n) is 9.50. The van der Waals surface area contributed by atoms with Crippen molar-refractivity contribution in [2.75, 3.05) is 12.3 Å². The topological polar surface area (TPSA) is 0 Å². The highest BCUT2D eigenvalue weighted by Crippen LogP contribution is 2.34. The SMILES string of the molecule is FC#CC#CC#CP(C#CC#CC#CF)CCPCl. The predicted molar refractivity (Wildman–Crippen MR) is 79.7 cm³/mol. The molecule has 0 nitrogen and oxygen atoms in total. The van der Waals surface area contributed by atoms with Crippen LogP contribution in [0.3, 0.4) is 0 Å². The largest absolute Gasteiger partial charge is 0.143 e. The second-order valence-corrected chi connectivity index (χ2v) is 5.77. The molecule has 92 valence electrons. The molecule has 0 bridgehead atoms. The van der Waals surface area contributed by atoms with Crippen molar-refractivity contribution < 1.29 is 8.78 Å². The molecule has 5 heteroatoms. The summed E-state index contributed by atoms with van der Waals surface area (Å²) in [5.41, 5.74) is 5.70. The van der Waals surface area contributed by atoms with Crippen molar-refractivity contribution in [2.45, 2.75) is 0 Å². The summed E-state index contributed by atoms with van der Waals surface area (Å²) in [5.74, 6) is 18.2. The van der Waals surface area contributed by atoms with Gasteiger partial charge in [0.1, 0.15) is 12.3 Å². The third-order valence-corrected chi connectivity index (χ3v) is 4.14. The molecule has 0 fully saturated rings. The number of halogens is 3. The highest BCUT2D eigenvalue weighted by atomic mass is 35.7. The third kappa shape index (κ3) is 12.6. The maximum absolute atomic E-state index is 11.4. The van der Waals surface area contributed by atoms with Gasteiger partial charge in [-0.3, -0.25) is 0 Å². The van der Waals surface area contributed by atoms with Gasteiger partial charge in [0, 0.05) is 23.7 Å². The van der Waals surface area contributed by atoms with Crippen molar-refractivity contribution in [3.05, 3.63) is 0 Å². The van der Waals surface area contributed by atoms with Crippen LogP contribution in [0.4, 0.5) is 8.78 Å². The van der Waals surface area contributed by atoms with Gasteiger partial charge in [0.25, 0.3) is 0 Å². The molecule has 0 saturated heterocycles. The number of hydrogen-bond donors (Lipinski definition) is 0. The Labute approximate surface area is 119 Å². The van der Waals surface area contributed by atoms with E-state index >= 15 is 0 Å². The summed E-state index contributed by atoms with van der Waals surface area (Å²) in [4.78, 5) is 0. The zero-order chi connectivity index (χ0) is 14.2. The van der Waals surface area contributed by atoms with Gasteiger partial charge in [0.15, 0.2) is 0 Å². The van der Waals surface area contributed by atoms with Crippen molar-refractivity contribution in [3.8, 4) is 71.0 Å². The Morgan fingerprint density at radius 2 is 1.26 bits per heavy atom. The quantitative estimate of drug-likeness (QED) is 0.555. The maximum atomic E-state index is 11.4. The van der Waals surface area contributed by atoms with Crippen molar-refractivity contribution in [1.29, 1.82) is 0 Å². The van der Waals surface area contributed by atoms with Crippen molar-refractivity contribution in [2.24, 2.45) is 0 Å². The van der Waals surface area contributed by atoms with E-state index in [1.54, 1.807) is 0 Å². The van der Waals surface area contributed by atoms with Gasteiger partial charge in [-0.2, -0.15) is 0 Å². The van der Waals surface area contributed by atoms with E-state index < -0.39 is 7.92 Å². The third-order valence-electron chi connectivity index (χ3n) is 1.28. The van der Waals surface area contributed by atoms with Gasteiger partial charge in [-0.25, -0.2) is 0 Å². The molecule has 0 aliphatic heterocycles. The van der Waals surface area contributed by atoms with Crippen LogP contribution in [0.2, 0.25) is 0 Å². The van der Waals surface area contributed by atoms with Crippen LogP contribution in [0.25, 0.3) is 0 Å². The summed E-state index contributed by atoms with van der Waals surface area (Å²) >= 11 is 5.62. The summed E-state index contributed by atoms with van der Waals surface area (Å²) in [6.45, 7) is 0. The minimum Gasteiger partial charge on any atom is -0.143 e. The maximum Gasteiger partial charge on any atom is 0.119 e. The first-order chi connectivity index (χ1) is 9.35. The first kappa shape index (κ1) is 17.4. The van der Waals surface area contributed by atoms with Crippen LogP contribution < -0.4 is 0 Å². The molecular weight excluding hydrogens is 304 g/mol. The van der Waals surface area contributed by atoms with E-state index in [0.717, 1.165) is 24.7 Å². The molecule has 0 aromatic rings. The normalized spacial score (nSPS) is 6.95. The summed E-state index contributed by atoms with van der Waals surface area (Å²) in [5, 5.41) is 0. The predicted octanol–water partition coefficient (Wildman–Crippen LogP) is 3.09. The molecule has 1 atom stereocenters. The molecule has 0 rings (SSSR count). The fourth-order valence-corrected chi connectivity index (χ4v) is 3.31. The minimum atomic E-state index is -0.897. The molecular formula is C14H5ClF2P2. The van der Waals surface area contributed by atoms with Crippen LogP contribution in [-0.2, 0) is 0 Å². The average Bonchev–Trinajstić information content (AvgIpc) is 2.43. The molecule has 0 aliphatic rings. The van der Waals surface area contributed by atoms with Gasteiger partial charge in [-0.05, 0) is 55.3 Å². The lowest BCUT2D eigenvalue weighted by Gasteiger charge is -1.98. The smallest absolute Gasteiger partial charge is 0.119 e. The Morgan fingerprint density at radius 1 is 0.789 bits per heavy atom. The van der Waals surface area contributed by atoms with E-state index in [0.29, 0.717) is 7.93 Å². The fraction of sp³-hybridized carbons (Fsp3) is 0.143. The molecule has 0 aliphatic carbocycles. The Kier molecular flexibility index (Phi) is 13.2. The second-order valence-electron chi connectivity index (χ2n) is 2.45. The Hall–Kier alpha value is -1.63. The van der Waals surface area contributed by atoms with Crippen LogP contribution >= 0.6 is 27.1 Å². The Bertz CT molecular complexity index is 591. The lowest BCUT2D eigenvalue weighted by molar-refractivity contribution is 0.774. The van der Waals surface area contributed by atoms with E-state index in [1.807, 2.05) is 11.8 Å². The molecule has 0 saturated carbocycles. The molecule has 0 heterocycles. The monoisotopic (exact) mass is 308 g/mol. The summed E-state index contributed by atoms with van der Waals surface area (Å²) in [7, 11) is -0.599. The van der Waals surface area contributed by atoms with Crippen molar-refractivity contribution >= 4 is 27.1 Å². The van der Waals surface area contributed by atoms with Gasteiger partial charge in [-0.1, -0.05) is 0 Å². The van der Waals surface area contributed by atoms with Crippen molar-refractivity contribution in [3.63, 3.8) is 0 Å². The molecule has 0 spiro atoms. The molecule has 0 amide bonds. The highest BCUT2D eigenvalue weighted by Gasteiger charge is 1.98. The van der Waals surface area contributed by atoms with Crippen LogP contribution in [0, 0.1) is 71.0 Å². The summed E-state index contributed by atoms with van der Waals surface area (Å²) in [6, 6.07) is 0. The van der Waals surface area contributed by atoms with Crippen LogP contribution in [0.1, 0.15) is 0 Å². The van der Waals surface area contributed by atoms with E-state index in [9.17, 15) is 8.78 Å². The van der Waals surface area contributed by atoms with Gasteiger partial charge >= 0.3 is 0 Å². The van der Waals surface area contributed by atoms with Gasteiger partial charge < -0.3 is 0 Å². The van der Waals surface area contributed by atoms with Gasteiger partial charge in [0.05, 0.1) is 7.92 Å². The second kappa shape index (κ2) is 14.4. The standard InChI is InChI=1S/C14H5ClF2P2/c15-18-11-14-19(12-7-3-1-5-9-16)13-8-4-2-6-10-17/h18H,11,14H2. The van der Waals surface area contributed by atoms with Gasteiger partial charge in [-0.15, -0.1) is 20.0 Å². The fourth-order valence-electron chi connectivity index (χ4n) is 0.657. The molecule has 0 radical (unpaired) electrons. The minimum absolute atomic E-state index is 0.298. The number of hydrogen-bond acceptors (Lipinski definition) is 0. The summed E-state index contributed by atoms with van der Waals surface area (Å²) < 4.78 is 22.8. The Morgan fingerprint density at radius 3 is 1.68 bits per heavy atom. The van der Waals surface area contributed by atoms with E-state index in [1.165, 1.54) is 0 Å². The van der Waals surface area contributed by atoms with Crippen LogP contribution in [0.5, 0.6) is 0 Å². The van der Waals surface area contributed by atoms with Crippen LogP contribution in [-0.4, -0.2) is 12.3 Å². The lowest BCUT2D eigenvalue weighted by atomic mass is 10.6. The molecule has 19 heavy (non-hydrogen) atoms. The van der Waals surface area contributed by atoms with E-state index in [4.69, 9.17) is 11.2 Å². The van der Waals surface area contributed by atoms with E-state index in [-0.39, 0.29) is 0 Å². The van der Waals surface area contributed by atoms with Gasteiger partial charge in [0.2, 0.25) is 0 Å². The first-order valence-electron chi connectivity index (χ1n) is 4.68. The number of rotatable bonds is 3. The first-order valence-corrected chi connectivity index (χ1v) is 8.43.